The van der Waals surface area contributed by atoms with E-state index in [0.29, 0.717) is 19.1 Å². The summed E-state index contributed by atoms with van der Waals surface area (Å²) < 4.78 is 11.4. The van der Waals surface area contributed by atoms with Crippen LogP contribution in [0.15, 0.2) is 84.9 Å². The second kappa shape index (κ2) is 10.8. The van der Waals surface area contributed by atoms with Gasteiger partial charge in [0.2, 0.25) is 0 Å². The zero-order valence-electron chi connectivity index (χ0n) is 23.4. The number of nitrogens with zero attached hydrogens (tertiary/aromatic N) is 2. The predicted octanol–water partition coefficient (Wildman–Crippen LogP) is 6.37. The lowest BCUT2D eigenvalue weighted by Crippen LogP contribution is -2.60. The molecule has 4 aromatic rings. The zero-order valence-corrected chi connectivity index (χ0v) is 23.4. The Morgan fingerprint density at radius 2 is 1.59 bits per heavy atom. The minimum Gasteiger partial charge on any atom is -0.497 e. The Kier molecular flexibility index (Phi) is 6.89. The van der Waals surface area contributed by atoms with Crippen molar-refractivity contribution in [2.45, 2.75) is 43.4 Å². The van der Waals surface area contributed by atoms with Crippen LogP contribution in [-0.4, -0.2) is 66.4 Å². The zero-order chi connectivity index (χ0) is 27.9. The maximum Gasteiger partial charge on any atom is 0.410 e. The summed E-state index contributed by atoms with van der Waals surface area (Å²) in [4.78, 5) is 18.0. The summed E-state index contributed by atoms with van der Waals surface area (Å²) in [5.41, 5.74) is 5.61. The molecule has 1 amide bonds. The molecule has 6 heteroatoms. The van der Waals surface area contributed by atoms with Gasteiger partial charge in [-0.25, -0.2) is 4.79 Å². The quantitative estimate of drug-likeness (QED) is 0.303. The molecule has 1 saturated carbocycles. The minimum atomic E-state index is -0.829. The number of fused-ring (bicyclic) bond motifs is 4. The van der Waals surface area contributed by atoms with Crippen LogP contribution in [0.25, 0.3) is 21.9 Å². The van der Waals surface area contributed by atoms with Crippen LogP contribution < -0.4 is 4.74 Å². The molecule has 2 fully saturated rings. The number of aliphatic hydroxyl groups excluding tert-OH is 1. The normalized spacial score (nSPS) is 19.9. The van der Waals surface area contributed by atoms with E-state index in [2.05, 4.69) is 41.3 Å². The van der Waals surface area contributed by atoms with Gasteiger partial charge in [0.15, 0.2) is 0 Å². The molecule has 1 aliphatic heterocycles. The highest BCUT2D eigenvalue weighted by atomic mass is 16.6. The third-order valence-corrected chi connectivity index (χ3v) is 9.39. The Hall–Kier alpha value is -3.87. The molecule has 2 atom stereocenters. The van der Waals surface area contributed by atoms with Crippen LogP contribution in [0.2, 0.25) is 0 Å². The van der Waals surface area contributed by atoms with Crippen molar-refractivity contribution in [1.29, 1.82) is 0 Å². The third kappa shape index (κ3) is 4.75. The van der Waals surface area contributed by atoms with Gasteiger partial charge < -0.3 is 14.6 Å². The fourth-order valence-electron chi connectivity index (χ4n) is 6.86. The molecule has 0 aromatic heterocycles. The number of piperazine rings is 1. The van der Waals surface area contributed by atoms with Crippen LogP contribution in [0.1, 0.15) is 48.0 Å². The van der Waals surface area contributed by atoms with E-state index >= 15 is 0 Å². The summed E-state index contributed by atoms with van der Waals surface area (Å²) in [5, 5.41) is 13.8. The number of rotatable bonds is 6. The predicted molar refractivity (Wildman–Crippen MR) is 160 cm³/mol. The molecule has 2 aliphatic carbocycles. The molecule has 7 rings (SSSR count). The summed E-state index contributed by atoms with van der Waals surface area (Å²) in [5.74, 6) is 0.805. The first-order valence-electron chi connectivity index (χ1n) is 14.7. The SMILES string of the molecule is COc1ccc2cc(C(O)C3CN(C4CCC4)CCN3C(=O)OCC3c4ccccc4-c4ccccc43)ccc2c1. The molecule has 2 unspecified atom stereocenters. The molecule has 1 N–H and O–H groups in total. The van der Waals surface area contributed by atoms with Crippen LogP contribution in [0.3, 0.4) is 0 Å². The first kappa shape index (κ1) is 26.1. The van der Waals surface area contributed by atoms with E-state index in [1.807, 2.05) is 48.5 Å². The number of aliphatic hydroxyl groups is 1. The highest BCUT2D eigenvalue weighted by Gasteiger charge is 2.40. The van der Waals surface area contributed by atoms with Gasteiger partial charge in [-0.3, -0.25) is 9.80 Å². The van der Waals surface area contributed by atoms with E-state index in [4.69, 9.17) is 9.47 Å². The van der Waals surface area contributed by atoms with E-state index in [1.54, 1.807) is 12.0 Å². The Bertz CT molecular complexity index is 1540. The lowest BCUT2D eigenvalue weighted by Gasteiger charge is -2.47. The molecule has 0 spiro atoms. The second-order valence-corrected chi connectivity index (χ2v) is 11.6. The van der Waals surface area contributed by atoms with Crippen LogP contribution in [-0.2, 0) is 4.74 Å². The van der Waals surface area contributed by atoms with Crippen molar-refractivity contribution in [3.05, 3.63) is 102 Å². The lowest BCUT2D eigenvalue weighted by atomic mass is 9.89. The average Bonchev–Trinajstić information content (AvgIpc) is 3.31. The summed E-state index contributed by atoms with van der Waals surface area (Å²) in [6, 6.07) is 28.8. The Morgan fingerprint density at radius 3 is 2.27 bits per heavy atom. The van der Waals surface area contributed by atoms with E-state index in [1.165, 1.54) is 41.5 Å². The van der Waals surface area contributed by atoms with Crippen LogP contribution >= 0.6 is 0 Å². The average molecular weight is 549 g/mol. The molecule has 4 aromatic carbocycles. The van der Waals surface area contributed by atoms with E-state index < -0.39 is 12.1 Å². The van der Waals surface area contributed by atoms with Crippen molar-refractivity contribution >= 4 is 16.9 Å². The van der Waals surface area contributed by atoms with Gasteiger partial charge >= 0.3 is 6.09 Å². The molecule has 3 aliphatic rings. The van der Waals surface area contributed by atoms with Gasteiger partial charge in [-0.1, -0.05) is 73.2 Å². The standard InChI is InChI=1S/C35H36N2O4/c1-40-27-16-15-23-19-25(14-13-24(23)20-27)34(38)33-21-36(26-7-6-8-26)17-18-37(33)35(39)41-22-32-30-11-4-2-9-28(30)29-10-3-5-12-31(29)32/h2-5,9-16,19-20,26,32-34,38H,6-8,17-18,21-22H2,1H3. The van der Waals surface area contributed by atoms with Crippen LogP contribution in [0.5, 0.6) is 5.75 Å². The molecule has 6 nitrogen and oxygen atoms in total. The number of hydrogen-bond donors (Lipinski definition) is 1. The molecule has 1 heterocycles. The molecule has 1 saturated heterocycles. The van der Waals surface area contributed by atoms with Crippen molar-refractivity contribution in [1.82, 2.24) is 9.80 Å². The van der Waals surface area contributed by atoms with E-state index in [-0.39, 0.29) is 18.6 Å². The third-order valence-electron chi connectivity index (χ3n) is 9.39. The highest BCUT2D eigenvalue weighted by Crippen LogP contribution is 2.44. The topological polar surface area (TPSA) is 62.2 Å². The smallest absolute Gasteiger partial charge is 0.410 e. The molecule has 210 valence electrons. The summed E-state index contributed by atoms with van der Waals surface area (Å²) in [7, 11) is 1.66. The Labute approximate surface area is 241 Å². The van der Waals surface area contributed by atoms with Gasteiger partial charge in [0.05, 0.1) is 13.2 Å². The number of carbonyl (C=O) groups is 1. The Morgan fingerprint density at radius 1 is 0.902 bits per heavy atom. The maximum atomic E-state index is 13.7. The fraction of sp³-hybridized carbons (Fsp3) is 0.343. The highest BCUT2D eigenvalue weighted by molar-refractivity contribution is 5.84. The van der Waals surface area contributed by atoms with Crippen molar-refractivity contribution in [3.8, 4) is 16.9 Å². The summed E-state index contributed by atoms with van der Waals surface area (Å²) in [6.07, 6.45) is 2.44. The van der Waals surface area contributed by atoms with Gasteiger partial charge in [-0.15, -0.1) is 0 Å². The van der Waals surface area contributed by atoms with Crippen molar-refractivity contribution in [3.63, 3.8) is 0 Å². The van der Waals surface area contributed by atoms with Gasteiger partial charge in [0.1, 0.15) is 18.5 Å². The summed E-state index contributed by atoms with van der Waals surface area (Å²) in [6.45, 7) is 2.25. The monoisotopic (exact) mass is 548 g/mol. The Balaban J connectivity index is 1.13. The van der Waals surface area contributed by atoms with Crippen molar-refractivity contribution in [2.24, 2.45) is 0 Å². The number of carbonyl (C=O) groups excluding carboxylic acids is 1. The fourth-order valence-corrected chi connectivity index (χ4v) is 6.86. The molecule has 0 bridgehead atoms. The first-order chi connectivity index (χ1) is 20.1. The van der Waals surface area contributed by atoms with E-state index in [0.717, 1.165) is 28.6 Å². The van der Waals surface area contributed by atoms with Crippen LogP contribution in [0.4, 0.5) is 4.79 Å². The van der Waals surface area contributed by atoms with Gasteiger partial charge in [-0.05, 0) is 69.6 Å². The number of amides is 1. The molecule has 41 heavy (non-hydrogen) atoms. The van der Waals surface area contributed by atoms with Crippen LogP contribution in [0, 0.1) is 0 Å². The van der Waals surface area contributed by atoms with Gasteiger partial charge in [0, 0.05) is 31.6 Å². The van der Waals surface area contributed by atoms with Gasteiger partial charge in [-0.2, -0.15) is 0 Å². The largest absolute Gasteiger partial charge is 0.497 e. The number of hydrogen-bond acceptors (Lipinski definition) is 5. The number of benzene rings is 4. The first-order valence-corrected chi connectivity index (χ1v) is 14.7. The number of ether oxygens (including phenoxy) is 2. The number of methoxy groups -OCH3 is 1. The molecular formula is C35H36N2O4. The van der Waals surface area contributed by atoms with E-state index in [9.17, 15) is 9.90 Å². The van der Waals surface area contributed by atoms with Crippen molar-refractivity contribution in [2.75, 3.05) is 33.4 Å². The van der Waals surface area contributed by atoms with Crippen molar-refractivity contribution < 1.29 is 19.4 Å². The minimum absolute atomic E-state index is 0.00321. The van der Waals surface area contributed by atoms with Gasteiger partial charge in [0.25, 0.3) is 0 Å². The summed E-state index contributed by atoms with van der Waals surface area (Å²) >= 11 is 0. The second-order valence-electron chi connectivity index (χ2n) is 11.6. The molecule has 0 radical (unpaired) electrons. The maximum absolute atomic E-state index is 13.7. The lowest BCUT2D eigenvalue weighted by molar-refractivity contribution is -0.0302. The molecular weight excluding hydrogens is 512 g/mol.